The number of nitro benzene ring substituents is 1. The molecule has 31 heavy (non-hydrogen) atoms. The smallest absolute Gasteiger partial charge is 0.323 e. The van der Waals surface area contributed by atoms with E-state index in [2.05, 4.69) is 20.1 Å². The van der Waals surface area contributed by atoms with Crippen molar-refractivity contribution in [2.24, 2.45) is 0 Å². The standard InChI is InChI=1S/C20H24N6O5/c1-23(10-11-27)17-13-16(18-19(22-31-21-18)20(17)26(28)29)25-8-6-24(7-9-25)14-4-3-5-15(12-14)30-2/h3-5,12-13,27H,6-11H2,1-2H3. The van der Waals surface area contributed by atoms with Gasteiger partial charge < -0.3 is 24.5 Å². The molecule has 2 aromatic carbocycles. The zero-order valence-electron chi connectivity index (χ0n) is 17.4. The zero-order chi connectivity index (χ0) is 22.0. The van der Waals surface area contributed by atoms with Gasteiger partial charge in [-0.05, 0) is 28.5 Å². The number of anilines is 3. The third-order valence-electron chi connectivity index (χ3n) is 5.54. The highest BCUT2D eigenvalue weighted by Crippen LogP contribution is 2.40. The summed E-state index contributed by atoms with van der Waals surface area (Å²) in [5.74, 6) is 0.808. The highest BCUT2D eigenvalue weighted by molar-refractivity contribution is 6.00. The average Bonchev–Trinajstić information content (AvgIpc) is 3.27. The van der Waals surface area contributed by atoms with Gasteiger partial charge in [0.2, 0.25) is 5.52 Å². The van der Waals surface area contributed by atoms with Gasteiger partial charge >= 0.3 is 5.69 Å². The Hall–Kier alpha value is -3.60. The van der Waals surface area contributed by atoms with Gasteiger partial charge in [-0.1, -0.05) is 6.07 Å². The van der Waals surface area contributed by atoms with Gasteiger partial charge in [-0.3, -0.25) is 10.1 Å². The molecule has 0 atom stereocenters. The fourth-order valence-electron chi connectivity index (χ4n) is 3.89. The Morgan fingerprint density at radius 3 is 2.58 bits per heavy atom. The van der Waals surface area contributed by atoms with Gasteiger partial charge in [-0.25, -0.2) is 4.63 Å². The SMILES string of the molecule is COc1cccc(N2CCN(c3cc(N(C)CCO)c([N+](=O)[O-])c4nonc34)CC2)c1. The van der Waals surface area contributed by atoms with E-state index < -0.39 is 4.92 Å². The second-order valence-corrected chi connectivity index (χ2v) is 7.30. The zero-order valence-corrected chi connectivity index (χ0v) is 17.4. The quantitative estimate of drug-likeness (QED) is 0.441. The summed E-state index contributed by atoms with van der Waals surface area (Å²) in [6, 6.07) is 9.66. The molecule has 11 nitrogen and oxygen atoms in total. The van der Waals surface area contributed by atoms with Crippen LogP contribution < -0.4 is 19.4 Å². The van der Waals surface area contributed by atoms with Gasteiger partial charge in [0.05, 0.1) is 24.3 Å². The normalized spacial score (nSPS) is 14.2. The number of aromatic nitrogens is 2. The van der Waals surface area contributed by atoms with E-state index >= 15 is 0 Å². The summed E-state index contributed by atoms with van der Waals surface area (Å²) in [5, 5.41) is 28.8. The van der Waals surface area contributed by atoms with E-state index in [1.807, 2.05) is 24.3 Å². The predicted octanol–water partition coefficient (Wildman–Crippen LogP) is 1.89. The van der Waals surface area contributed by atoms with Crippen molar-refractivity contribution in [1.82, 2.24) is 10.3 Å². The van der Waals surface area contributed by atoms with Crippen LogP contribution in [0.2, 0.25) is 0 Å². The van der Waals surface area contributed by atoms with E-state index in [0.717, 1.165) is 30.2 Å². The van der Waals surface area contributed by atoms with E-state index in [4.69, 9.17) is 9.37 Å². The average molecular weight is 428 g/mol. The molecule has 0 bridgehead atoms. The van der Waals surface area contributed by atoms with Crippen molar-refractivity contribution in [2.45, 2.75) is 0 Å². The number of likely N-dealkylation sites (N-methyl/N-ethyl adjacent to an activating group) is 1. The number of hydrogen-bond donors (Lipinski definition) is 1. The molecule has 164 valence electrons. The van der Waals surface area contributed by atoms with E-state index in [0.29, 0.717) is 24.3 Å². The minimum absolute atomic E-state index is 0.109. The number of ether oxygens (including phenoxy) is 1. The number of hydrogen-bond acceptors (Lipinski definition) is 10. The number of fused-ring (bicyclic) bond motifs is 1. The van der Waals surface area contributed by atoms with Crippen molar-refractivity contribution in [2.75, 3.05) is 68.2 Å². The second kappa shape index (κ2) is 8.64. The van der Waals surface area contributed by atoms with Crippen LogP contribution in [0.25, 0.3) is 11.0 Å². The van der Waals surface area contributed by atoms with Crippen LogP contribution in [-0.2, 0) is 0 Å². The molecule has 1 N–H and O–H groups in total. The maximum atomic E-state index is 11.8. The van der Waals surface area contributed by atoms with Crippen molar-refractivity contribution in [3.8, 4) is 5.75 Å². The lowest BCUT2D eigenvalue weighted by Crippen LogP contribution is -2.46. The number of nitro groups is 1. The fraction of sp³-hybridized carbons (Fsp3) is 0.400. The third-order valence-corrected chi connectivity index (χ3v) is 5.54. The number of nitrogens with zero attached hydrogens (tertiary/aromatic N) is 6. The van der Waals surface area contributed by atoms with E-state index in [-0.39, 0.29) is 24.4 Å². The Kier molecular flexibility index (Phi) is 5.76. The Morgan fingerprint density at radius 1 is 1.19 bits per heavy atom. The van der Waals surface area contributed by atoms with E-state index in [1.165, 1.54) is 0 Å². The first-order valence-corrected chi connectivity index (χ1v) is 9.93. The minimum atomic E-state index is -0.486. The molecule has 2 heterocycles. The van der Waals surface area contributed by atoms with Crippen LogP contribution in [0.4, 0.5) is 22.7 Å². The number of aliphatic hydroxyl groups excluding tert-OH is 1. The van der Waals surface area contributed by atoms with Gasteiger partial charge in [0, 0.05) is 51.5 Å². The third kappa shape index (κ3) is 3.91. The molecule has 0 radical (unpaired) electrons. The predicted molar refractivity (Wildman–Crippen MR) is 116 cm³/mol. The van der Waals surface area contributed by atoms with Gasteiger partial charge in [0.1, 0.15) is 11.4 Å². The first-order chi connectivity index (χ1) is 15.0. The van der Waals surface area contributed by atoms with Gasteiger partial charge in [0.25, 0.3) is 0 Å². The molecule has 4 rings (SSSR count). The van der Waals surface area contributed by atoms with Crippen LogP contribution in [0.3, 0.4) is 0 Å². The number of methoxy groups -OCH3 is 1. The Morgan fingerprint density at radius 2 is 1.90 bits per heavy atom. The summed E-state index contributed by atoms with van der Waals surface area (Å²) >= 11 is 0. The molecule has 1 saturated heterocycles. The van der Waals surface area contributed by atoms with Crippen molar-refractivity contribution < 1.29 is 19.4 Å². The fourth-order valence-corrected chi connectivity index (χ4v) is 3.89. The van der Waals surface area contributed by atoms with Crippen molar-refractivity contribution in [3.05, 3.63) is 40.4 Å². The molecule has 11 heteroatoms. The highest BCUT2D eigenvalue weighted by atomic mass is 16.6. The van der Waals surface area contributed by atoms with Crippen LogP contribution in [0.15, 0.2) is 35.0 Å². The molecule has 0 saturated carbocycles. The van der Waals surface area contributed by atoms with Crippen LogP contribution in [0, 0.1) is 10.1 Å². The summed E-state index contributed by atoms with van der Waals surface area (Å²) in [7, 11) is 3.34. The molecular weight excluding hydrogens is 404 g/mol. The number of benzene rings is 2. The summed E-state index contributed by atoms with van der Waals surface area (Å²) in [4.78, 5) is 17.3. The monoisotopic (exact) mass is 428 g/mol. The summed E-state index contributed by atoms with van der Waals surface area (Å²) < 4.78 is 10.2. The van der Waals surface area contributed by atoms with Gasteiger partial charge in [-0.15, -0.1) is 0 Å². The Labute approximate surface area is 178 Å². The molecule has 3 aromatic rings. The second-order valence-electron chi connectivity index (χ2n) is 7.30. The van der Waals surface area contributed by atoms with Crippen LogP contribution in [-0.4, -0.2) is 73.8 Å². The number of piperazine rings is 1. The molecule has 0 aliphatic carbocycles. The largest absolute Gasteiger partial charge is 0.497 e. The lowest BCUT2D eigenvalue weighted by Gasteiger charge is -2.37. The van der Waals surface area contributed by atoms with E-state index in [1.54, 1.807) is 25.1 Å². The van der Waals surface area contributed by atoms with Crippen LogP contribution in [0.1, 0.15) is 0 Å². The minimum Gasteiger partial charge on any atom is -0.497 e. The molecule has 1 aliphatic rings. The molecule has 0 unspecified atom stereocenters. The first kappa shape index (κ1) is 20.7. The number of rotatable bonds is 7. The maximum Gasteiger partial charge on any atom is 0.323 e. The van der Waals surface area contributed by atoms with Crippen LogP contribution >= 0.6 is 0 Å². The van der Waals surface area contributed by atoms with Crippen molar-refractivity contribution >= 4 is 33.8 Å². The van der Waals surface area contributed by atoms with Crippen LogP contribution in [0.5, 0.6) is 5.75 Å². The lowest BCUT2D eigenvalue weighted by atomic mass is 10.1. The van der Waals surface area contributed by atoms with Gasteiger partial charge in [0.15, 0.2) is 5.52 Å². The summed E-state index contributed by atoms with van der Waals surface area (Å²) in [6.45, 7) is 3.04. The molecular formula is C20H24N6O5. The Bertz CT molecular complexity index is 1080. The number of aliphatic hydroxyl groups is 1. The van der Waals surface area contributed by atoms with Crippen molar-refractivity contribution in [1.29, 1.82) is 0 Å². The molecule has 1 aromatic heterocycles. The highest BCUT2D eigenvalue weighted by Gasteiger charge is 2.30. The summed E-state index contributed by atoms with van der Waals surface area (Å²) in [5.41, 5.74) is 2.48. The van der Waals surface area contributed by atoms with Gasteiger partial charge in [-0.2, -0.15) is 0 Å². The lowest BCUT2D eigenvalue weighted by molar-refractivity contribution is -0.382. The maximum absolute atomic E-state index is 11.8. The molecule has 1 fully saturated rings. The summed E-state index contributed by atoms with van der Waals surface area (Å²) in [6.07, 6.45) is 0. The van der Waals surface area contributed by atoms with E-state index in [9.17, 15) is 15.2 Å². The van der Waals surface area contributed by atoms with Crippen molar-refractivity contribution in [3.63, 3.8) is 0 Å². The Balaban J connectivity index is 1.65. The topological polar surface area (TPSA) is 121 Å². The molecule has 0 spiro atoms. The first-order valence-electron chi connectivity index (χ1n) is 9.93. The molecule has 0 amide bonds. The molecule has 1 aliphatic heterocycles.